The van der Waals surface area contributed by atoms with Crippen LogP contribution in [0.2, 0.25) is 0 Å². The van der Waals surface area contributed by atoms with Gasteiger partial charge in [0.15, 0.2) is 0 Å². The highest BCUT2D eigenvalue weighted by Gasteiger charge is 2.39. The molecular formula is C19H34O2. The first-order valence-electron chi connectivity index (χ1n) is 9.42. The van der Waals surface area contributed by atoms with Crippen molar-refractivity contribution in [3.63, 3.8) is 0 Å². The summed E-state index contributed by atoms with van der Waals surface area (Å²) in [5.41, 5.74) is 0. The average molecular weight is 294 g/mol. The lowest BCUT2D eigenvalue weighted by atomic mass is 9.71. The normalized spacial score (nSPS) is 32.0. The smallest absolute Gasteiger partial charge is 0.303 e. The van der Waals surface area contributed by atoms with Gasteiger partial charge in [0.2, 0.25) is 0 Å². The van der Waals surface area contributed by atoms with Gasteiger partial charge in [0.25, 0.3) is 0 Å². The topological polar surface area (TPSA) is 37.3 Å². The van der Waals surface area contributed by atoms with E-state index in [1.54, 1.807) is 0 Å². The third kappa shape index (κ3) is 5.30. The molecule has 2 aliphatic rings. The summed E-state index contributed by atoms with van der Waals surface area (Å²) in [6.07, 6.45) is 16.6. The summed E-state index contributed by atoms with van der Waals surface area (Å²) in [6.45, 7) is 2.31. The molecular weight excluding hydrogens is 260 g/mol. The maximum absolute atomic E-state index is 10.5. The number of carboxylic acid groups (broad SMARTS) is 1. The fraction of sp³-hybridized carbons (Fsp3) is 0.947. The Balaban J connectivity index is 1.62. The van der Waals surface area contributed by atoms with E-state index in [-0.39, 0.29) is 0 Å². The minimum absolute atomic E-state index is 0.356. The molecule has 4 atom stereocenters. The van der Waals surface area contributed by atoms with E-state index in [4.69, 9.17) is 5.11 Å². The first-order chi connectivity index (χ1) is 10.2. The fourth-order valence-corrected chi connectivity index (χ4v) is 4.95. The molecule has 0 amide bonds. The molecule has 0 aromatic rings. The molecule has 0 spiro atoms. The molecule has 2 aliphatic carbocycles. The molecule has 2 fully saturated rings. The predicted molar refractivity (Wildman–Crippen MR) is 87.3 cm³/mol. The standard InChI is InChI=1S/C19H34O2/c1-2-3-8-16-11-12-17-14-15(10-13-18(16)17)7-5-4-6-9-19(20)21/h15-18H,2-14H2,1H3,(H,20,21). The molecule has 1 N–H and O–H groups in total. The second-order valence-corrected chi connectivity index (χ2v) is 7.58. The van der Waals surface area contributed by atoms with Crippen molar-refractivity contribution >= 4 is 5.97 Å². The minimum Gasteiger partial charge on any atom is -0.481 e. The molecule has 0 aromatic heterocycles. The van der Waals surface area contributed by atoms with Gasteiger partial charge in [-0.3, -0.25) is 4.79 Å². The highest BCUT2D eigenvalue weighted by molar-refractivity contribution is 5.66. The summed E-state index contributed by atoms with van der Waals surface area (Å²) in [6, 6.07) is 0. The predicted octanol–water partition coefficient (Wildman–Crippen LogP) is 5.65. The number of carbonyl (C=O) groups is 1. The molecule has 0 heterocycles. The molecule has 2 rings (SSSR count). The van der Waals surface area contributed by atoms with Crippen molar-refractivity contribution in [1.29, 1.82) is 0 Å². The van der Waals surface area contributed by atoms with E-state index in [9.17, 15) is 4.79 Å². The molecule has 21 heavy (non-hydrogen) atoms. The molecule has 0 aromatic carbocycles. The van der Waals surface area contributed by atoms with E-state index in [0.717, 1.165) is 36.5 Å². The second kappa shape index (κ2) is 8.80. The molecule has 122 valence electrons. The Bertz CT molecular complexity index is 313. The SMILES string of the molecule is CCCCC1CCC2CC(CCCCCC(=O)O)CCC12. The Morgan fingerprint density at radius 1 is 1.00 bits per heavy atom. The van der Waals surface area contributed by atoms with Crippen LogP contribution in [0.1, 0.15) is 90.4 Å². The molecule has 0 saturated heterocycles. The van der Waals surface area contributed by atoms with Crippen LogP contribution in [-0.2, 0) is 4.79 Å². The number of carboxylic acids is 1. The van der Waals surface area contributed by atoms with Crippen LogP contribution in [0.25, 0.3) is 0 Å². The Labute approximate surface area is 130 Å². The van der Waals surface area contributed by atoms with Crippen LogP contribution >= 0.6 is 0 Å². The maximum Gasteiger partial charge on any atom is 0.303 e. The Kier molecular flexibility index (Phi) is 7.06. The lowest BCUT2D eigenvalue weighted by Gasteiger charge is -2.34. The highest BCUT2D eigenvalue weighted by atomic mass is 16.4. The van der Waals surface area contributed by atoms with Crippen LogP contribution in [0, 0.1) is 23.7 Å². The quantitative estimate of drug-likeness (QED) is 0.557. The van der Waals surface area contributed by atoms with Gasteiger partial charge in [0, 0.05) is 6.42 Å². The van der Waals surface area contributed by atoms with Gasteiger partial charge in [0.05, 0.1) is 0 Å². The summed E-state index contributed by atoms with van der Waals surface area (Å²) < 4.78 is 0. The van der Waals surface area contributed by atoms with Crippen LogP contribution in [0.3, 0.4) is 0 Å². The van der Waals surface area contributed by atoms with E-state index >= 15 is 0 Å². The summed E-state index contributed by atoms with van der Waals surface area (Å²) in [4.78, 5) is 10.5. The van der Waals surface area contributed by atoms with Gasteiger partial charge in [-0.1, -0.05) is 51.9 Å². The van der Waals surface area contributed by atoms with Gasteiger partial charge < -0.3 is 5.11 Å². The molecule has 0 aliphatic heterocycles. The monoisotopic (exact) mass is 294 g/mol. The summed E-state index contributed by atoms with van der Waals surface area (Å²) in [7, 11) is 0. The average Bonchev–Trinajstić information content (AvgIpc) is 2.86. The third-order valence-electron chi connectivity index (χ3n) is 6.10. The van der Waals surface area contributed by atoms with Gasteiger partial charge in [0.1, 0.15) is 0 Å². The van der Waals surface area contributed by atoms with E-state index < -0.39 is 5.97 Å². The molecule has 0 bridgehead atoms. The van der Waals surface area contributed by atoms with Gasteiger partial charge in [-0.25, -0.2) is 0 Å². The van der Waals surface area contributed by atoms with Gasteiger partial charge in [-0.05, 0) is 55.8 Å². The zero-order chi connectivity index (χ0) is 15.1. The van der Waals surface area contributed by atoms with Crippen molar-refractivity contribution in [3.05, 3.63) is 0 Å². The summed E-state index contributed by atoms with van der Waals surface area (Å²) in [5.74, 6) is 3.44. The van der Waals surface area contributed by atoms with E-state index in [0.29, 0.717) is 6.42 Å². The van der Waals surface area contributed by atoms with Gasteiger partial charge >= 0.3 is 5.97 Å². The first kappa shape index (κ1) is 16.8. The Hall–Kier alpha value is -0.530. The van der Waals surface area contributed by atoms with Crippen molar-refractivity contribution in [1.82, 2.24) is 0 Å². The Morgan fingerprint density at radius 2 is 1.86 bits per heavy atom. The molecule has 0 radical (unpaired) electrons. The van der Waals surface area contributed by atoms with E-state index in [1.807, 2.05) is 0 Å². The van der Waals surface area contributed by atoms with Crippen LogP contribution in [0.15, 0.2) is 0 Å². The number of aliphatic carboxylic acids is 1. The second-order valence-electron chi connectivity index (χ2n) is 7.58. The lowest BCUT2D eigenvalue weighted by Crippen LogP contribution is -2.24. The summed E-state index contributed by atoms with van der Waals surface area (Å²) in [5, 5.41) is 8.65. The van der Waals surface area contributed by atoms with Crippen molar-refractivity contribution < 1.29 is 9.90 Å². The number of hydrogen-bond donors (Lipinski definition) is 1. The van der Waals surface area contributed by atoms with Crippen molar-refractivity contribution in [2.24, 2.45) is 23.7 Å². The van der Waals surface area contributed by atoms with Gasteiger partial charge in [-0.2, -0.15) is 0 Å². The van der Waals surface area contributed by atoms with E-state index in [1.165, 1.54) is 64.2 Å². The zero-order valence-corrected chi connectivity index (χ0v) is 13.9. The molecule has 2 nitrogen and oxygen atoms in total. The number of fused-ring (bicyclic) bond motifs is 1. The largest absolute Gasteiger partial charge is 0.481 e. The first-order valence-corrected chi connectivity index (χ1v) is 9.42. The maximum atomic E-state index is 10.5. The van der Waals surface area contributed by atoms with Gasteiger partial charge in [-0.15, -0.1) is 0 Å². The van der Waals surface area contributed by atoms with Crippen molar-refractivity contribution in [2.75, 3.05) is 0 Å². The van der Waals surface area contributed by atoms with Crippen molar-refractivity contribution in [2.45, 2.75) is 90.4 Å². The molecule has 2 heteroatoms. The van der Waals surface area contributed by atoms with Crippen LogP contribution in [0.5, 0.6) is 0 Å². The van der Waals surface area contributed by atoms with E-state index in [2.05, 4.69) is 6.92 Å². The third-order valence-corrected chi connectivity index (χ3v) is 6.10. The zero-order valence-electron chi connectivity index (χ0n) is 13.9. The van der Waals surface area contributed by atoms with Crippen molar-refractivity contribution in [3.8, 4) is 0 Å². The minimum atomic E-state index is -0.639. The van der Waals surface area contributed by atoms with Crippen LogP contribution < -0.4 is 0 Å². The fourth-order valence-electron chi connectivity index (χ4n) is 4.95. The number of rotatable bonds is 9. The lowest BCUT2D eigenvalue weighted by molar-refractivity contribution is -0.137. The number of unbranched alkanes of at least 4 members (excludes halogenated alkanes) is 3. The van der Waals surface area contributed by atoms with Crippen LogP contribution in [0.4, 0.5) is 0 Å². The Morgan fingerprint density at radius 3 is 2.62 bits per heavy atom. The number of hydrogen-bond acceptors (Lipinski definition) is 1. The summed E-state index contributed by atoms with van der Waals surface area (Å²) >= 11 is 0. The molecule has 4 unspecified atom stereocenters. The highest BCUT2D eigenvalue weighted by Crippen LogP contribution is 2.50. The molecule has 2 saturated carbocycles. The van der Waals surface area contributed by atoms with Crippen LogP contribution in [-0.4, -0.2) is 11.1 Å².